The van der Waals surface area contributed by atoms with Gasteiger partial charge in [-0.15, -0.1) is 0 Å². The summed E-state index contributed by atoms with van der Waals surface area (Å²) in [5.74, 6) is 1.49. The number of rotatable bonds is 2. The summed E-state index contributed by atoms with van der Waals surface area (Å²) in [5.41, 5.74) is 6.65. The standard InChI is InChI=1S/C14H20N4O/c15-12-5-2-6-16-13(12)17-7-9-18(10-8-17)14(19)11-3-1-4-11/h2,5-6,11H,1,3-4,7-10,15H2. The molecule has 1 saturated heterocycles. The van der Waals surface area contributed by atoms with Gasteiger partial charge < -0.3 is 15.5 Å². The number of hydrogen-bond acceptors (Lipinski definition) is 4. The van der Waals surface area contributed by atoms with Crippen molar-refractivity contribution in [1.82, 2.24) is 9.88 Å². The van der Waals surface area contributed by atoms with Gasteiger partial charge in [0.25, 0.3) is 0 Å². The molecule has 1 saturated carbocycles. The van der Waals surface area contributed by atoms with Gasteiger partial charge in [0.2, 0.25) is 5.91 Å². The van der Waals surface area contributed by atoms with Crippen LogP contribution in [0.25, 0.3) is 0 Å². The van der Waals surface area contributed by atoms with Crippen LogP contribution in [0, 0.1) is 5.92 Å². The van der Waals surface area contributed by atoms with Crippen molar-refractivity contribution >= 4 is 17.4 Å². The van der Waals surface area contributed by atoms with Crippen LogP contribution in [-0.2, 0) is 4.79 Å². The molecule has 3 rings (SSSR count). The molecule has 2 fully saturated rings. The Hall–Kier alpha value is -1.78. The molecule has 2 aliphatic rings. The Labute approximate surface area is 113 Å². The highest BCUT2D eigenvalue weighted by Gasteiger charge is 2.31. The topological polar surface area (TPSA) is 62.5 Å². The van der Waals surface area contributed by atoms with Crippen LogP contribution in [0.1, 0.15) is 19.3 Å². The average molecular weight is 260 g/mol. The molecular weight excluding hydrogens is 240 g/mol. The van der Waals surface area contributed by atoms with Crippen molar-refractivity contribution in [2.75, 3.05) is 36.8 Å². The van der Waals surface area contributed by atoms with Crippen LogP contribution < -0.4 is 10.6 Å². The lowest BCUT2D eigenvalue weighted by Crippen LogP contribution is -2.51. The molecule has 2 heterocycles. The van der Waals surface area contributed by atoms with Crippen molar-refractivity contribution in [2.24, 2.45) is 5.92 Å². The second-order valence-electron chi connectivity index (χ2n) is 5.36. The smallest absolute Gasteiger partial charge is 0.225 e. The van der Waals surface area contributed by atoms with Gasteiger partial charge in [0, 0.05) is 38.3 Å². The number of nitrogen functional groups attached to an aromatic ring is 1. The predicted molar refractivity (Wildman–Crippen MR) is 74.8 cm³/mol. The van der Waals surface area contributed by atoms with E-state index in [-0.39, 0.29) is 0 Å². The third-order valence-electron chi connectivity index (χ3n) is 4.16. The van der Waals surface area contributed by atoms with E-state index in [0.29, 0.717) is 17.5 Å². The summed E-state index contributed by atoms with van der Waals surface area (Å²) in [7, 11) is 0. The monoisotopic (exact) mass is 260 g/mol. The number of carbonyl (C=O) groups is 1. The number of nitrogens with zero attached hydrogens (tertiary/aromatic N) is 3. The number of nitrogens with two attached hydrogens (primary N) is 1. The van der Waals surface area contributed by atoms with Crippen LogP contribution in [0.2, 0.25) is 0 Å². The van der Waals surface area contributed by atoms with E-state index < -0.39 is 0 Å². The van der Waals surface area contributed by atoms with Gasteiger partial charge in [-0.2, -0.15) is 0 Å². The normalized spacial score (nSPS) is 20.2. The van der Waals surface area contributed by atoms with Crippen molar-refractivity contribution in [3.63, 3.8) is 0 Å². The highest BCUT2D eigenvalue weighted by molar-refractivity contribution is 5.80. The number of anilines is 2. The van der Waals surface area contributed by atoms with Crippen molar-refractivity contribution < 1.29 is 4.79 Å². The first-order valence-corrected chi connectivity index (χ1v) is 7.00. The third kappa shape index (κ3) is 2.37. The van der Waals surface area contributed by atoms with E-state index in [1.807, 2.05) is 17.0 Å². The first-order valence-electron chi connectivity index (χ1n) is 7.00. The second kappa shape index (κ2) is 5.07. The zero-order chi connectivity index (χ0) is 13.2. The SMILES string of the molecule is Nc1cccnc1N1CCN(C(=O)C2CCC2)CC1. The van der Waals surface area contributed by atoms with E-state index in [1.54, 1.807) is 6.20 Å². The molecule has 1 aromatic heterocycles. The molecule has 0 bridgehead atoms. The Bertz CT molecular complexity index is 464. The quantitative estimate of drug-likeness (QED) is 0.865. The number of carbonyl (C=O) groups excluding carboxylic acids is 1. The Morgan fingerprint density at radius 1 is 1.26 bits per heavy atom. The lowest BCUT2D eigenvalue weighted by molar-refractivity contribution is -0.138. The minimum absolute atomic E-state index is 0.298. The molecule has 1 aliphatic carbocycles. The van der Waals surface area contributed by atoms with Gasteiger partial charge in [-0.25, -0.2) is 4.98 Å². The van der Waals surface area contributed by atoms with Gasteiger partial charge in [-0.05, 0) is 25.0 Å². The molecule has 19 heavy (non-hydrogen) atoms. The minimum atomic E-state index is 0.298. The third-order valence-corrected chi connectivity index (χ3v) is 4.16. The zero-order valence-corrected chi connectivity index (χ0v) is 11.1. The van der Waals surface area contributed by atoms with E-state index in [4.69, 9.17) is 5.73 Å². The summed E-state index contributed by atoms with van der Waals surface area (Å²) in [4.78, 5) is 20.7. The van der Waals surface area contributed by atoms with Crippen molar-refractivity contribution in [1.29, 1.82) is 0 Å². The van der Waals surface area contributed by atoms with Gasteiger partial charge in [0.15, 0.2) is 5.82 Å². The van der Waals surface area contributed by atoms with Crippen LogP contribution in [0.4, 0.5) is 11.5 Å². The van der Waals surface area contributed by atoms with Gasteiger partial charge in [-0.1, -0.05) is 6.42 Å². The molecule has 0 radical (unpaired) electrons. The van der Waals surface area contributed by atoms with E-state index in [9.17, 15) is 4.79 Å². The fourth-order valence-electron chi connectivity index (χ4n) is 2.73. The average Bonchev–Trinajstić information content (AvgIpc) is 2.37. The molecule has 0 aromatic carbocycles. The number of piperazine rings is 1. The maximum atomic E-state index is 12.2. The van der Waals surface area contributed by atoms with Crippen LogP contribution >= 0.6 is 0 Å². The van der Waals surface area contributed by atoms with E-state index in [0.717, 1.165) is 44.8 Å². The number of hydrogen-bond donors (Lipinski definition) is 1. The van der Waals surface area contributed by atoms with Crippen LogP contribution in [-0.4, -0.2) is 42.0 Å². The highest BCUT2D eigenvalue weighted by atomic mass is 16.2. The van der Waals surface area contributed by atoms with Gasteiger partial charge in [-0.3, -0.25) is 4.79 Å². The summed E-state index contributed by atoms with van der Waals surface area (Å²) in [5, 5.41) is 0. The van der Waals surface area contributed by atoms with Crippen LogP contribution in [0.5, 0.6) is 0 Å². The Morgan fingerprint density at radius 2 is 2.00 bits per heavy atom. The maximum absolute atomic E-state index is 12.2. The Morgan fingerprint density at radius 3 is 2.58 bits per heavy atom. The van der Waals surface area contributed by atoms with Crippen molar-refractivity contribution in [3.8, 4) is 0 Å². The molecular formula is C14H20N4O. The Balaban J connectivity index is 1.60. The molecule has 0 atom stereocenters. The van der Waals surface area contributed by atoms with Gasteiger partial charge >= 0.3 is 0 Å². The molecule has 1 aromatic rings. The molecule has 2 N–H and O–H groups in total. The van der Waals surface area contributed by atoms with E-state index in [1.165, 1.54) is 6.42 Å². The second-order valence-corrected chi connectivity index (χ2v) is 5.36. The molecule has 0 spiro atoms. The summed E-state index contributed by atoms with van der Waals surface area (Å²) in [6.45, 7) is 3.20. The lowest BCUT2D eigenvalue weighted by atomic mass is 9.84. The number of pyridine rings is 1. The van der Waals surface area contributed by atoms with Crippen LogP contribution in [0.15, 0.2) is 18.3 Å². The van der Waals surface area contributed by atoms with E-state index in [2.05, 4.69) is 9.88 Å². The minimum Gasteiger partial charge on any atom is -0.396 e. The number of aromatic nitrogens is 1. The largest absolute Gasteiger partial charge is 0.396 e. The first-order chi connectivity index (χ1) is 9.25. The van der Waals surface area contributed by atoms with Crippen molar-refractivity contribution in [3.05, 3.63) is 18.3 Å². The van der Waals surface area contributed by atoms with Gasteiger partial charge in [0.1, 0.15) is 0 Å². The van der Waals surface area contributed by atoms with Gasteiger partial charge in [0.05, 0.1) is 5.69 Å². The summed E-state index contributed by atoms with van der Waals surface area (Å²) in [6.07, 6.45) is 5.12. The first kappa shape index (κ1) is 12.3. The predicted octanol–water partition coefficient (Wildman–Crippen LogP) is 1.11. The summed E-state index contributed by atoms with van der Waals surface area (Å²) < 4.78 is 0. The van der Waals surface area contributed by atoms with Crippen LogP contribution in [0.3, 0.4) is 0 Å². The molecule has 102 valence electrons. The lowest BCUT2D eigenvalue weighted by Gasteiger charge is -2.38. The Kier molecular flexibility index (Phi) is 3.27. The number of amides is 1. The fraction of sp³-hybridized carbons (Fsp3) is 0.571. The highest BCUT2D eigenvalue weighted by Crippen LogP contribution is 2.29. The summed E-state index contributed by atoms with van der Waals surface area (Å²) >= 11 is 0. The molecule has 1 amide bonds. The molecule has 0 unspecified atom stereocenters. The molecule has 5 heteroatoms. The summed E-state index contributed by atoms with van der Waals surface area (Å²) in [6, 6.07) is 3.71. The molecule has 1 aliphatic heterocycles. The molecule has 5 nitrogen and oxygen atoms in total. The van der Waals surface area contributed by atoms with Crippen molar-refractivity contribution in [2.45, 2.75) is 19.3 Å². The van der Waals surface area contributed by atoms with E-state index >= 15 is 0 Å². The fourth-order valence-corrected chi connectivity index (χ4v) is 2.73. The zero-order valence-electron chi connectivity index (χ0n) is 11.1. The maximum Gasteiger partial charge on any atom is 0.225 e.